The molecule has 0 aliphatic rings. The topological polar surface area (TPSA) is 104 Å². The van der Waals surface area contributed by atoms with E-state index in [1.54, 1.807) is 0 Å². The summed E-state index contributed by atoms with van der Waals surface area (Å²) in [4.78, 5) is 19.4. The number of sulfonamides is 1. The van der Waals surface area contributed by atoms with Crippen molar-refractivity contribution in [3.8, 4) is 11.4 Å². The molecule has 0 saturated carbocycles. The zero-order chi connectivity index (χ0) is 24.4. The Bertz CT molecular complexity index is 1260. The fraction of sp³-hybridized carbons (Fsp3) is 0.238. The molecule has 33 heavy (non-hydrogen) atoms. The number of carbonyl (C=O) groups excluding carboxylic acids is 1. The van der Waals surface area contributed by atoms with Gasteiger partial charge in [-0.15, -0.1) is 0 Å². The number of hydrogen-bond acceptors (Lipinski definition) is 4. The van der Waals surface area contributed by atoms with Crippen molar-refractivity contribution < 1.29 is 30.8 Å². The SMILES string of the molecule is CC(C(=O)NCc1ccc(C(F)(F)F)cc1-c1ncc[nH]1)c1ccc(NS(C)(=O)=O)c(F)c1. The molecule has 0 radical (unpaired) electrons. The van der Waals surface area contributed by atoms with Crippen LogP contribution in [0.2, 0.25) is 0 Å². The zero-order valence-corrected chi connectivity index (χ0v) is 18.3. The number of hydrogen-bond donors (Lipinski definition) is 3. The summed E-state index contributed by atoms with van der Waals surface area (Å²) < 4.78 is 78.2. The first-order chi connectivity index (χ1) is 15.3. The molecular weight excluding hydrogens is 464 g/mol. The van der Waals surface area contributed by atoms with Gasteiger partial charge in [0.05, 0.1) is 23.4 Å². The van der Waals surface area contributed by atoms with Gasteiger partial charge in [0.25, 0.3) is 0 Å². The average molecular weight is 484 g/mol. The number of H-pyrrole nitrogens is 1. The fourth-order valence-corrected chi connectivity index (χ4v) is 3.67. The number of aromatic amines is 1. The summed E-state index contributed by atoms with van der Waals surface area (Å²) in [6, 6.07) is 6.79. The van der Waals surface area contributed by atoms with E-state index in [4.69, 9.17) is 0 Å². The lowest BCUT2D eigenvalue weighted by Crippen LogP contribution is -2.28. The van der Waals surface area contributed by atoms with Gasteiger partial charge in [-0.25, -0.2) is 17.8 Å². The molecule has 1 unspecified atom stereocenters. The molecular formula is C21H20F4N4O3S. The fourth-order valence-electron chi connectivity index (χ4n) is 3.11. The Morgan fingerprint density at radius 2 is 1.91 bits per heavy atom. The van der Waals surface area contributed by atoms with Crippen LogP contribution >= 0.6 is 0 Å². The van der Waals surface area contributed by atoms with E-state index in [2.05, 4.69) is 15.3 Å². The van der Waals surface area contributed by atoms with Crippen LogP contribution in [0.15, 0.2) is 48.8 Å². The number of halogens is 4. The minimum Gasteiger partial charge on any atom is -0.351 e. The number of benzene rings is 2. The number of anilines is 1. The maximum Gasteiger partial charge on any atom is 0.416 e. The molecule has 0 aliphatic carbocycles. The van der Waals surface area contributed by atoms with Crippen molar-refractivity contribution >= 4 is 21.6 Å². The van der Waals surface area contributed by atoms with E-state index in [9.17, 15) is 30.8 Å². The third-order valence-electron chi connectivity index (χ3n) is 4.83. The van der Waals surface area contributed by atoms with Crippen LogP contribution in [0.4, 0.5) is 23.2 Å². The maximum atomic E-state index is 14.2. The summed E-state index contributed by atoms with van der Waals surface area (Å²) in [5.41, 5.74) is -0.220. The Morgan fingerprint density at radius 1 is 1.18 bits per heavy atom. The first kappa shape index (κ1) is 24.2. The van der Waals surface area contributed by atoms with Crippen molar-refractivity contribution in [2.45, 2.75) is 25.6 Å². The molecule has 1 amide bonds. The Hall–Kier alpha value is -3.41. The number of amides is 1. The van der Waals surface area contributed by atoms with E-state index >= 15 is 0 Å². The zero-order valence-electron chi connectivity index (χ0n) is 17.5. The van der Waals surface area contributed by atoms with Crippen molar-refractivity contribution in [1.29, 1.82) is 0 Å². The summed E-state index contributed by atoms with van der Waals surface area (Å²) in [7, 11) is -3.67. The van der Waals surface area contributed by atoms with Crippen LogP contribution in [0.3, 0.4) is 0 Å². The summed E-state index contributed by atoms with van der Waals surface area (Å²) in [5.74, 6) is -1.94. The van der Waals surface area contributed by atoms with Gasteiger partial charge < -0.3 is 10.3 Å². The van der Waals surface area contributed by atoms with Gasteiger partial charge in [-0.05, 0) is 42.3 Å². The van der Waals surface area contributed by atoms with Crippen molar-refractivity contribution in [1.82, 2.24) is 15.3 Å². The quantitative estimate of drug-likeness (QED) is 0.441. The Labute approximate surface area is 187 Å². The molecule has 0 bridgehead atoms. The van der Waals surface area contributed by atoms with Crippen LogP contribution in [0, 0.1) is 5.82 Å². The van der Waals surface area contributed by atoms with E-state index in [0.717, 1.165) is 24.5 Å². The van der Waals surface area contributed by atoms with Crippen LogP contribution < -0.4 is 10.0 Å². The molecule has 176 valence electrons. The highest BCUT2D eigenvalue weighted by Crippen LogP contribution is 2.33. The van der Waals surface area contributed by atoms with E-state index in [0.29, 0.717) is 11.1 Å². The molecule has 7 nitrogen and oxygen atoms in total. The van der Waals surface area contributed by atoms with Gasteiger partial charge in [0, 0.05) is 24.5 Å². The molecule has 0 aliphatic heterocycles. The highest BCUT2D eigenvalue weighted by Gasteiger charge is 2.31. The van der Waals surface area contributed by atoms with Crippen LogP contribution in [0.1, 0.15) is 29.5 Å². The monoisotopic (exact) mass is 484 g/mol. The highest BCUT2D eigenvalue weighted by atomic mass is 32.2. The molecule has 3 aromatic rings. The summed E-state index contributed by atoms with van der Waals surface area (Å²) in [5, 5.41) is 2.63. The number of carbonyl (C=O) groups is 1. The molecule has 0 fully saturated rings. The minimum atomic E-state index is -4.54. The standard InChI is InChI=1S/C21H20F4N4O3S/c1-12(13-4-6-18(17(22)9-13)29-33(2,31)32)20(30)28-11-14-3-5-15(21(23,24)25)10-16(14)19-26-7-8-27-19/h3-10,12,29H,11H2,1-2H3,(H,26,27)(H,28,30). The number of nitrogens with one attached hydrogen (secondary N) is 3. The summed E-state index contributed by atoms with van der Waals surface area (Å²) >= 11 is 0. The lowest BCUT2D eigenvalue weighted by atomic mass is 9.99. The molecule has 1 atom stereocenters. The van der Waals surface area contributed by atoms with E-state index < -0.39 is 39.4 Å². The lowest BCUT2D eigenvalue weighted by molar-refractivity contribution is -0.137. The minimum absolute atomic E-state index is 0.0897. The van der Waals surface area contributed by atoms with Crippen LogP contribution in [-0.2, 0) is 27.5 Å². The van der Waals surface area contributed by atoms with Gasteiger partial charge >= 0.3 is 6.18 Å². The van der Waals surface area contributed by atoms with Gasteiger partial charge in [0.2, 0.25) is 15.9 Å². The number of imidazole rings is 1. The first-order valence-corrected chi connectivity index (χ1v) is 11.5. The lowest BCUT2D eigenvalue weighted by Gasteiger charge is -2.16. The molecule has 1 aromatic heterocycles. The van der Waals surface area contributed by atoms with Gasteiger partial charge in [0.15, 0.2) is 0 Å². The molecule has 12 heteroatoms. The van der Waals surface area contributed by atoms with Gasteiger partial charge in [0.1, 0.15) is 11.6 Å². The normalized spacial score (nSPS) is 12.9. The van der Waals surface area contributed by atoms with E-state index in [1.807, 2.05) is 4.72 Å². The van der Waals surface area contributed by atoms with E-state index in [-0.39, 0.29) is 23.6 Å². The number of aromatic nitrogens is 2. The second-order valence-electron chi connectivity index (χ2n) is 7.36. The molecule has 1 heterocycles. The van der Waals surface area contributed by atoms with Crippen LogP contribution in [0.5, 0.6) is 0 Å². The predicted molar refractivity (Wildman–Crippen MR) is 114 cm³/mol. The van der Waals surface area contributed by atoms with Crippen molar-refractivity contribution in [3.63, 3.8) is 0 Å². The number of nitrogens with zero attached hydrogens (tertiary/aromatic N) is 1. The van der Waals surface area contributed by atoms with Crippen molar-refractivity contribution in [3.05, 3.63) is 71.3 Å². The first-order valence-electron chi connectivity index (χ1n) is 9.60. The van der Waals surface area contributed by atoms with Crippen LogP contribution in [-0.4, -0.2) is 30.5 Å². The third kappa shape index (κ3) is 6.09. The second kappa shape index (κ2) is 9.22. The van der Waals surface area contributed by atoms with Crippen molar-refractivity contribution in [2.75, 3.05) is 11.0 Å². The molecule has 3 N–H and O–H groups in total. The Morgan fingerprint density at radius 3 is 2.48 bits per heavy atom. The van der Waals surface area contributed by atoms with Gasteiger partial charge in [-0.2, -0.15) is 13.2 Å². The van der Waals surface area contributed by atoms with Gasteiger partial charge in [-0.3, -0.25) is 9.52 Å². The second-order valence-corrected chi connectivity index (χ2v) is 9.11. The molecule has 0 spiro atoms. The Kier molecular flexibility index (Phi) is 6.77. The molecule has 2 aromatic carbocycles. The summed E-state index contributed by atoms with van der Waals surface area (Å²) in [6.07, 6.45) is -0.789. The number of rotatable bonds is 7. The average Bonchev–Trinajstić information content (AvgIpc) is 3.26. The predicted octanol–water partition coefficient (Wildman–Crippen LogP) is 4.03. The maximum absolute atomic E-state index is 14.2. The summed E-state index contributed by atoms with van der Waals surface area (Å²) in [6.45, 7) is 1.43. The largest absolute Gasteiger partial charge is 0.416 e. The molecule has 0 saturated heterocycles. The van der Waals surface area contributed by atoms with E-state index in [1.165, 1.54) is 37.5 Å². The Balaban J connectivity index is 1.77. The van der Waals surface area contributed by atoms with Crippen LogP contribution in [0.25, 0.3) is 11.4 Å². The third-order valence-corrected chi connectivity index (χ3v) is 5.42. The van der Waals surface area contributed by atoms with Crippen molar-refractivity contribution in [2.24, 2.45) is 0 Å². The van der Waals surface area contributed by atoms with Gasteiger partial charge in [-0.1, -0.05) is 12.1 Å². The highest BCUT2D eigenvalue weighted by molar-refractivity contribution is 7.92. The number of alkyl halides is 3. The smallest absolute Gasteiger partial charge is 0.351 e. The molecule has 3 rings (SSSR count).